The number of nitrogens with zero attached hydrogens (tertiary/aromatic N) is 2. The first-order chi connectivity index (χ1) is 16.1. The molecule has 1 aliphatic rings. The number of phenolic OH excluding ortho intramolecular Hbond substituents is 1. The Morgan fingerprint density at radius 2 is 1.85 bits per heavy atom. The Labute approximate surface area is 195 Å². The highest BCUT2D eigenvalue weighted by atomic mass is 32.1. The van der Waals surface area contributed by atoms with Crippen molar-refractivity contribution in [1.82, 2.24) is 9.97 Å². The molecule has 2 aromatic heterocycles. The molecule has 1 aliphatic carbocycles. The van der Waals surface area contributed by atoms with Gasteiger partial charge in [-0.05, 0) is 49.4 Å². The summed E-state index contributed by atoms with van der Waals surface area (Å²) in [6, 6.07) is 15.5. The number of carboxylic acid groups (broad SMARTS) is 1. The number of phenols is 1. The summed E-state index contributed by atoms with van der Waals surface area (Å²) in [5.74, 6) is 1.43. The van der Waals surface area contributed by atoms with Gasteiger partial charge in [0.05, 0.1) is 11.8 Å². The second-order valence-electron chi connectivity index (χ2n) is 8.46. The van der Waals surface area contributed by atoms with Crippen LogP contribution < -0.4 is 5.32 Å². The molecule has 5 rings (SSSR count). The Hall–Kier alpha value is -3.45. The third kappa shape index (κ3) is 4.68. The molecule has 0 bridgehead atoms. The van der Waals surface area contributed by atoms with E-state index in [0.29, 0.717) is 6.54 Å². The summed E-state index contributed by atoms with van der Waals surface area (Å²) < 4.78 is 1.19. The Bertz CT molecular complexity index is 1330. The van der Waals surface area contributed by atoms with Gasteiger partial charge in [-0.15, -0.1) is 11.3 Å². The number of aromatic hydroxyl groups is 1. The number of allylic oxidation sites excluding steroid dienone is 1. The number of anilines is 1. The van der Waals surface area contributed by atoms with Gasteiger partial charge in [0.25, 0.3) is 0 Å². The van der Waals surface area contributed by atoms with Crippen molar-refractivity contribution < 1.29 is 15.0 Å². The minimum Gasteiger partial charge on any atom is -0.508 e. The number of benzene rings is 2. The van der Waals surface area contributed by atoms with Crippen LogP contribution in [0.2, 0.25) is 0 Å². The summed E-state index contributed by atoms with van der Waals surface area (Å²) in [4.78, 5) is 21.8. The Morgan fingerprint density at radius 3 is 2.61 bits per heavy atom. The van der Waals surface area contributed by atoms with E-state index < -0.39 is 5.97 Å². The van der Waals surface area contributed by atoms with Gasteiger partial charge in [0.2, 0.25) is 0 Å². The van der Waals surface area contributed by atoms with Crippen molar-refractivity contribution in [2.24, 2.45) is 0 Å². The molecular weight excluding hydrogens is 434 g/mol. The lowest BCUT2D eigenvalue weighted by Gasteiger charge is -2.23. The van der Waals surface area contributed by atoms with Gasteiger partial charge in [-0.25, -0.2) is 9.97 Å². The van der Waals surface area contributed by atoms with Crippen molar-refractivity contribution in [3.63, 3.8) is 0 Å². The summed E-state index contributed by atoms with van der Waals surface area (Å²) in [7, 11) is 0. The molecule has 168 valence electrons. The SMILES string of the molecule is O=C(O)CC=C1CCC(c2nc(NCc3ccc(O)cc3)c3c(n2)sc2ccccc23)CC1. The van der Waals surface area contributed by atoms with Gasteiger partial charge in [0.1, 0.15) is 22.2 Å². The van der Waals surface area contributed by atoms with Crippen LogP contribution in [-0.2, 0) is 11.3 Å². The first-order valence-electron chi connectivity index (χ1n) is 11.2. The maximum absolute atomic E-state index is 10.9. The lowest BCUT2D eigenvalue weighted by Crippen LogP contribution is -2.12. The maximum Gasteiger partial charge on any atom is 0.307 e. The Morgan fingerprint density at radius 1 is 1.09 bits per heavy atom. The van der Waals surface area contributed by atoms with E-state index in [1.54, 1.807) is 23.5 Å². The minimum absolute atomic E-state index is 0.0928. The van der Waals surface area contributed by atoms with Crippen molar-refractivity contribution in [2.45, 2.75) is 44.6 Å². The number of carboxylic acids is 1. The molecule has 2 aromatic carbocycles. The highest BCUT2D eigenvalue weighted by Gasteiger charge is 2.23. The predicted octanol–water partition coefficient (Wildman–Crippen LogP) is 6.22. The molecule has 6 nitrogen and oxygen atoms in total. The summed E-state index contributed by atoms with van der Waals surface area (Å²) in [5, 5.41) is 24.2. The molecule has 0 saturated heterocycles. The highest BCUT2D eigenvalue weighted by molar-refractivity contribution is 7.25. The first kappa shape index (κ1) is 21.4. The van der Waals surface area contributed by atoms with Crippen LogP contribution in [0.25, 0.3) is 20.3 Å². The normalized spacial score (nSPS) is 16.2. The quantitative estimate of drug-likeness (QED) is 0.296. The zero-order valence-electron chi connectivity index (χ0n) is 18.1. The largest absolute Gasteiger partial charge is 0.508 e. The molecule has 0 radical (unpaired) electrons. The highest BCUT2D eigenvalue weighted by Crippen LogP contribution is 2.40. The number of hydrogen-bond acceptors (Lipinski definition) is 6. The van der Waals surface area contributed by atoms with Crippen LogP contribution in [0.4, 0.5) is 5.82 Å². The maximum atomic E-state index is 10.9. The van der Waals surface area contributed by atoms with E-state index in [-0.39, 0.29) is 18.1 Å². The third-order valence-electron chi connectivity index (χ3n) is 6.21. The van der Waals surface area contributed by atoms with Gasteiger partial charge in [0.15, 0.2) is 0 Å². The number of aromatic nitrogens is 2. The number of rotatable bonds is 6. The fraction of sp³-hybridized carbons (Fsp3) is 0.269. The van der Waals surface area contributed by atoms with Crippen LogP contribution in [0.3, 0.4) is 0 Å². The lowest BCUT2D eigenvalue weighted by molar-refractivity contribution is -0.136. The average Bonchev–Trinajstić information content (AvgIpc) is 3.21. The topological polar surface area (TPSA) is 95.3 Å². The molecule has 33 heavy (non-hydrogen) atoms. The van der Waals surface area contributed by atoms with E-state index in [1.807, 2.05) is 30.3 Å². The summed E-state index contributed by atoms with van der Waals surface area (Å²) in [6.45, 7) is 0.600. The number of nitrogens with one attached hydrogen (secondary N) is 1. The van der Waals surface area contributed by atoms with Gasteiger partial charge in [-0.3, -0.25) is 4.79 Å². The molecule has 0 aliphatic heterocycles. The first-order valence-corrected chi connectivity index (χ1v) is 12.0. The van der Waals surface area contributed by atoms with Crippen LogP contribution in [0.5, 0.6) is 5.75 Å². The standard InChI is InChI=1S/C26H25N3O3S/c30-19-12-7-17(8-13-19)15-27-25-23-20-3-1-2-4-21(20)33-26(23)29-24(28-25)18-10-5-16(6-11-18)9-14-22(31)32/h1-4,7-9,12-13,18,30H,5-6,10-11,14-15H2,(H,31,32)(H,27,28,29). The van der Waals surface area contributed by atoms with Crippen LogP contribution in [-0.4, -0.2) is 26.2 Å². The second-order valence-corrected chi connectivity index (χ2v) is 9.49. The van der Waals surface area contributed by atoms with Crippen LogP contribution in [0.15, 0.2) is 60.2 Å². The van der Waals surface area contributed by atoms with Gasteiger partial charge >= 0.3 is 5.97 Å². The van der Waals surface area contributed by atoms with Crippen LogP contribution in [0, 0.1) is 0 Å². The van der Waals surface area contributed by atoms with Crippen molar-refractivity contribution in [2.75, 3.05) is 5.32 Å². The number of fused-ring (bicyclic) bond motifs is 3. The van der Waals surface area contributed by atoms with E-state index in [1.165, 1.54) is 10.3 Å². The smallest absolute Gasteiger partial charge is 0.307 e. The lowest BCUT2D eigenvalue weighted by atomic mass is 9.85. The number of thiophene rings is 1. The molecule has 1 fully saturated rings. The zero-order valence-corrected chi connectivity index (χ0v) is 18.9. The molecule has 4 aromatic rings. The second kappa shape index (κ2) is 9.19. The minimum atomic E-state index is -0.785. The van der Waals surface area contributed by atoms with Crippen molar-refractivity contribution in [3.05, 3.63) is 71.6 Å². The fourth-order valence-electron chi connectivity index (χ4n) is 4.43. The van der Waals surface area contributed by atoms with E-state index in [4.69, 9.17) is 15.1 Å². The Balaban J connectivity index is 1.46. The number of aliphatic carboxylic acids is 1. The molecule has 0 amide bonds. The molecule has 0 unspecified atom stereocenters. The third-order valence-corrected chi connectivity index (χ3v) is 7.28. The molecular formula is C26H25N3O3S. The Kier molecular flexibility index (Phi) is 5.96. The van der Waals surface area contributed by atoms with Gasteiger partial charge in [-0.1, -0.05) is 42.0 Å². The zero-order chi connectivity index (χ0) is 22.8. The molecule has 3 N–H and O–H groups in total. The molecule has 0 spiro atoms. The van der Waals surface area contributed by atoms with Gasteiger partial charge < -0.3 is 15.5 Å². The monoisotopic (exact) mass is 459 g/mol. The molecule has 7 heteroatoms. The summed E-state index contributed by atoms with van der Waals surface area (Å²) in [6.07, 6.45) is 5.59. The van der Waals surface area contributed by atoms with E-state index in [9.17, 15) is 9.90 Å². The van der Waals surface area contributed by atoms with Gasteiger partial charge in [-0.2, -0.15) is 0 Å². The molecule has 1 saturated carbocycles. The van der Waals surface area contributed by atoms with Crippen molar-refractivity contribution in [1.29, 1.82) is 0 Å². The van der Waals surface area contributed by atoms with Crippen LogP contribution >= 0.6 is 11.3 Å². The predicted molar refractivity (Wildman–Crippen MR) is 132 cm³/mol. The fourth-order valence-corrected chi connectivity index (χ4v) is 5.52. The van der Waals surface area contributed by atoms with E-state index >= 15 is 0 Å². The summed E-state index contributed by atoms with van der Waals surface area (Å²) >= 11 is 1.69. The van der Waals surface area contributed by atoms with Crippen molar-refractivity contribution in [3.8, 4) is 5.75 Å². The molecule has 0 atom stereocenters. The van der Waals surface area contributed by atoms with E-state index in [0.717, 1.165) is 58.5 Å². The van der Waals surface area contributed by atoms with Crippen LogP contribution in [0.1, 0.15) is 49.4 Å². The molecule has 2 heterocycles. The van der Waals surface area contributed by atoms with Crippen molar-refractivity contribution >= 4 is 43.4 Å². The number of carbonyl (C=O) groups is 1. The summed E-state index contributed by atoms with van der Waals surface area (Å²) in [5.41, 5.74) is 2.29. The number of hydrogen-bond donors (Lipinski definition) is 3. The van der Waals surface area contributed by atoms with Gasteiger partial charge in [0, 0.05) is 22.5 Å². The average molecular weight is 460 g/mol. The van der Waals surface area contributed by atoms with E-state index in [2.05, 4.69) is 17.4 Å².